The molecule has 0 saturated heterocycles. The molecule has 1 unspecified atom stereocenters. The molecule has 58 heavy (non-hydrogen) atoms. The molecule has 3 atom stereocenters. The highest BCUT2D eigenvalue weighted by Crippen LogP contribution is 2.43. The van der Waals surface area contributed by atoms with Crippen molar-refractivity contribution in [2.45, 2.75) is 135 Å². The Labute approximate surface area is 350 Å². The lowest BCUT2D eigenvalue weighted by Crippen LogP contribution is -2.29. The van der Waals surface area contributed by atoms with E-state index in [1.165, 1.54) is 0 Å². The van der Waals surface area contributed by atoms with E-state index in [2.05, 4.69) is 86.8 Å². The molecule has 0 heterocycles. The quantitative estimate of drug-likeness (QED) is 0.0181. The number of allylic oxidation sites excluding steroid dienone is 19. The summed E-state index contributed by atoms with van der Waals surface area (Å²) in [5, 5.41) is 9.89. The van der Waals surface area contributed by atoms with E-state index in [1.807, 2.05) is 48.6 Å². The SMILES string of the molecule is CC/C=C\C/C=C\C/C=C\C/C=C\C/C=C\C/C=C\CCC(=O)O[C@H](COC(=O)CCC/C=C\C/C=C\C/C=C\C=C\[C@H](O)CCCCC)COP(=O)(O)OCCN. The Morgan fingerprint density at radius 3 is 1.71 bits per heavy atom. The van der Waals surface area contributed by atoms with E-state index in [0.717, 1.165) is 77.0 Å². The van der Waals surface area contributed by atoms with Crippen molar-refractivity contribution in [2.75, 3.05) is 26.4 Å². The van der Waals surface area contributed by atoms with Crippen molar-refractivity contribution in [3.05, 3.63) is 122 Å². The summed E-state index contributed by atoms with van der Waals surface area (Å²) in [5.41, 5.74) is 5.33. The van der Waals surface area contributed by atoms with Crippen LogP contribution >= 0.6 is 7.82 Å². The zero-order valence-electron chi connectivity index (χ0n) is 35.3. The minimum Gasteiger partial charge on any atom is -0.462 e. The fraction of sp³-hybridized carbons (Fsp3) is 0.532. The lowest BCUT2D eigenvalue weighted by Gasteiger charge is -2.19. The topological polar surface area (TPSA) is 155 Å². The molecule has 0 aliphatic carbocycles. The monoisotopic (exact) mass is 828 g/mol. The van der Waals surface area contributed by atoms with Crippen molar-refractivity contribution in [3.63, 3.8) is 0 Å². The summed E-state index contributed by atoms with van der Waals surface area (Å²) in [6, 6.07) is 0. The number of carbonyl (C=O) groups excluding carboxylic acids is 2. The van der Waals surface area contributed by atoms with Gasteiger partial charge >= 0.3 is 19.8 Å². The van der Waals surface area contributed by atoms with Gasteiger partial charge < -0.3 is 25.2 Å². The van der Waals surface area contributed by atoms with E-state index in [1.54, 1.807) is 0 Å². The van der Waals surface area contributed by atoms with Gasteiger partial charge in [-0.05, 0) is 77.0 Å². The number of esters is 2. The first-order chi connectivity index (χ1) is 28.2. The van der Waals surface area contributed by atoms with Crippen LogP contribution in [-0.2, 0) is 32.7 Å². The van der Waals surface area contributed by atoms with Crippen molar-refractivity contribution < 1.29 is 42.7 Å². The van der Waals surface area contributed by atoms with Crippen molar-refractivity contribution in [2.24, 2.45) is 5.73 Å². The van der Waals surface area contributed by atoms with Crippen LogP contribution in [0.3, 0.4) is 0 Å². The summed E-state index contributed by atoms with van der Waals surface area (Å²) in [4.78, 5) is 34.8. The predicted octanol–water partition coefficient (Wildman–Crippen LogP) is 11.1. The van der Waals surface area contributed by atoms with E-state index in [9.17, 15) is 24.2 Å². The lowest BCUT2D eigenvalue weighted by molar-refractivity contribution is -0.161. The smallest absolute Gasteiger partial charge is 0.462 e. The van der Waals surface area contributed by atoms with E-state index in [4.69, 9.17) is 24.3 Å². The van der Waals surface area contributed by atoms with Crippen LogP contribution in [0, 0.1) is 0 Å². The average molecular weight is 828 g/mol. The van der Waals surface area contributed by atoms with Gasteiger partial charge in [0, 0.05) is 19.4 Å². The Morgan fingerprint density at radius 2 is 1.16 bits per heavy atom. The molecule has 0 bridgehead atoms. The normalized spacial score (nSPS) is 15.1. The molecule has 0 amide bonds. The Morgan fingerprint density at radius 1 is 0.621 bits per heavy atom. The molecule has 0 aliphatic rings. The van der Waals surface area contributed by atoms with Crippen molar-refractivity contribution in [3.8, 4) is 0 Å². The molecule has 10 nitrogen and oxygen atoms in total. The zero-order valence-corrected chi connectivity index (χ0v) is 36.2. The molecule has 0 aromatic heterocycles. The second-order valence-corrected chi connectivity index (χ2v) is 14.8. The van der Waals surface area contributed by atoms with Crippen LogP contribution in [0.15, 0.2) is 122 Å². The summed E-state index contributed by atoms with van der Waals surface area (Å²) >= 11 is 0. The first-order valence-electron chi connectivity index (χ1n) is 21.1. The van der Waals surface area contributed by atoms with Gasteiger partial charge in [-0.1, -0.05) is 155 Å². The van der Waals surface area contributed by atoms with Gasteiger partial charge in [-0.15, -0.1) is 0 Å². The molecule has 0 radical (unpaired) electrons. The number of aliphatic hydroxyl groups excluding tert-OH is 1. The second kappa shape index (κ2) is 41.5. The number of hydrogen-bond donors (Lipinski definition) is 3. The number of carbonyl (C=O) groups is 2. The van der Waals surface area contributed by atoms with E-state index < -0.39 is 32.5 Å². The van der Waals surface area contributed by atoms with Crippen molar-refractivity contribution in [1.82, 2.24) is 0 Å². The average Bonchev–Trinajstić information content (AvgIpc) is 3.20. The number of rotatable bonds is 37. The van der Waals surface area contributed by atoms with Crippen LogP contribution in [0.1, 0.15) is 123 Å². The maximum Gasteiger partial charge on any atom is 0.472 e. The number of phosphoric acid groups is 1. The first-order valence-corrected chi connectivity index (χ1v) is 22.6. The van der Waals surface area contributed by atoms with Gasteiger partial charge in [0.25, 0.3) is 0 Å². The fourth-order valence-corrected chi connectivity index (χ4v) is 5.58. The second-order valence-electron chi connectivity index (χ2n) is 13.3. The number of nitrogens with two attached hydrogens (primary N) is 1. The Balaban J connectivity index is 4.46. The van der Waals surface area contributed by atoms with Gasteiger partial charge in [0.1, 0.15) is 6.61 Å². The minimum absolute atomic E-state index is 0.0203. The standard InChI is InChI=1S/C47H74NO9P/c1-3-5-7-8-9-10-11-12-13-14-15-16-17-18-21-25-28-31-35-39-47(51)57-45(43-56-58(52,53)55-41-40-48)42-54-46(50)38-34-30-27-24-22-19-20-23-26-29-33-37-44(49)36-32-6-4-2/h5,7,9-10,12-13,15-16,18-21,24,26-29,31,33,37,44-45,49H,3-4,6,8,11,14,17,22-23,25,30,32,34-36,38-43,48H2,1-2H3,(H,52,53)/b7-5-,10-9-,13-12-,16-15-,20-19-,21-18-,27-24-,29-26-,31-28-,37-33+/t44-,45-/m1/s1. The van der Waals surface area contributed by atoms with Crippen LogP contribution in [-0.4, -0.2) is 60.5 Å². The molecule has 0 spiro atoms. The highest BCUT2D eigenvalue weighted by Gasteiger charge is 2.25. The molecule has 0 aromatic carbocycles. The molecule has 326 valence electrons. The molecule has 4 N–H and O–H groups in total. The van der Waals surface area contributed by atoms with Gasteiger partial charge in [0.15, 0.2) is 6.10 Å². The maximum absolute atomic E-state index is 12.5. The van der Waals surface area contributed by atoms with E-state index in [0.29, 0.717) is 19.3 Å². The summed E-state index contributed by atoms with van der Waals surface area (Å²) < 4.78 is 32.6. The number of ether oxygens (including phenoxy) is 2. The maximum atomic E-state index is 12.5. The molecule has 0 rings (SSSR count). The molecule has 0 aliphatic heterocycles. The zero-order chi connectivity index (χ0) is 42.6. The summed E-state index contributed by atoms with van der Waals surface area (Å²) in [7, 11) is -4.43. The highest BCUT2D eigenvalue weighted by atomic mass is 31.2. The molecule has 0 saturated carbocycles. The molecule has 0 fully saturated rings. The molecular formula is C47H74NO9P. The van der Waals surface area contributed by atoms with Gasteiger partial charge in [-0.25, -0.2) is 4.57 Å². The van der Waals surface area contributed by atoms with Gasteiger partial charge in [0.2, 0.25) is 0 Å². The minimum atomic E-state index is -4.43. The van der Waals surface area contributed by atoms with Gasteiger partial charge in [-0.2, -0.15) is 0 Å². The van der Waals surface area contributed by atoms with Crippen molar-refractivity contribution in [1.29, 1.82) is 0 Å². The third-order valence-electron chi connectivity index (χ3n) is 7.95. The fourth-order valence-electron chi connectivity index (χ4n) is 4.82. The summed E-state index contributed by atoms with van der Waals surface area (Å²) in [6.45, 7) is 3.29. The molecule has 11 heteroatoms. The Kier molecular flexibility index (Phi) is 38.9. The number of unbranched alkanes of at least 4 members (excludes halogenated alkanes) is 3. The van der Waals surface area contributed by atoms with E-state index in [-0.39, 0.29) is 38.7 Å². The lowest BCUT2D eigenvalue weighted by atomic mass is 10.1. The van der Waals surface area contributed by atoms with Crippen LogP contribution in [0.5, 0.6) is 0 Å². The largest absolute Gasteiger partial charge is 0.472 e. The molecule has 0 aromatic rings. The number of hydrogen-bond acceptors (Lipinski definition) is 9. The summed E-state index contributed by atoms with van der Waals surface area (Å²) in [5.74, 6) is -1.03. The number of aliphatic hydroxyl groups is 1. The third kappa shape index (κ3) is 40.6. The van der Waals surface area contributed by atoms with Crippen LogP contribution < -0.4 is 5.73 Å². The highest BCUT2D eigenvalue weighted by molar-refractivity contribution is 7.47. The third-order valence-corrected chi connectivity index (χ3v) is 8.93. The van der Waals surface area contributed by atoms with Gasteiger partial charge in [-0.3, -0.25) is 18.6 Å². The van der Waals surface area contributed by atoms with Crippen molar-refractivity contribution >= 4 is 19.8 Å². The van der Waals surface area contributed by atoms with Crippen LogP contribution in [0.4, 0.5) is 0 Å². The predicted molar refractivity (Wildman–Crippen MR) is 239 cm³/mol. The summed E-state index contributed by atoms with van der Waals surface area (Å²) in [6.07, 6.45) is 52.9. The van der Waals surface area contributed by atoms with Gasteiger partial charge in [0.05, 0.1) is 19.3 Å². The number of phosphoric ester groups is 1. The van der Waals surface area contributed by atoms with Crippen LogP contribution in [0.25, 0.3) is 0 Å². The van der Waals surface area contributed by atoms with Crippen LogP contribution in [0.2, 0.25) is 0 Å². The van der Waals surface area contributed by atoms with E-state index >= 15 is 0 Å². The Hall–Kier alpha value is -3.63. The molecular weight excluding hydrogens is 753 g/mol. The Bertz CT molecular complexity index is 1370. The first kappa shape index (κ1) is 54.4.